The van der Waals surface area contributed by atoms with Crippen LogP contribution in [-0.4, -0.2) is 77.6 Å². The summed E-state index contributed by atoms with van der Waals surface area (Å²) in [5.74, 6) is -0.394. The normalized spacial score (nSPS) is 20.5. The van der Waals surface area contributed by atoms with E-state index in [4.69, 9.17) is 9.47 Å². The second-order valence-corrected chi connectivity index (χ2v) is 9.32. The Labute approximate surface area is 206 Å². The summed E-state index contributed by atoms with van der Waals surface area (Å²) >= 11 is 0. The van der Waals surface area contributed by atoms with Gasteiger partial charge in [0.15, 0.2) is 0 Å². The Hall–Kier alpha value is -3.23. The molecule has 2 aliphatic heterocycles. The van der Waals surface area contributed by atoms with Crippen LogP contribution in [0.2, 0.25) is 0 Å². The summed E-state index contributed by atoms with van der Waals surface area (Å²) in [5, 5.41) is 11.2. The number of benzene rings is 1. The number of ketones is 1. The fourth-order valence-corrected chi connectivity index (χ4v) is 4.41. The first kappa shape index (κ1) is 24.9. The minimum Gasteiger partial charge on any atom is -0.507 e. The van der Waals surface area contributed by atoms with Gasteiger partial charge in [-0.3, -0.25) is 19.5 Å². The van der Waals surface area contributed by atoms with Crippen LogP contribution >= 0.6 is 0 Å². The molecule has 8 heteroatoms. The first-order chi connectivity index (χ1) is 17.0. The topological polar surface area (TPSA) is 92.2 Å². The number of amides is 1. The summed E-state index contributed by atoms with van der Waals surface area (Å²) < 4.78 is 11.1. The first-order valence-electron chi connectivity index (χ1n) is 12.2. The number of hydrogen-bond acceptors (Lipinski definition) is 7. The summed E-state index contributed by atoms with van der Waals surface area (Å²) in [6.45, 7) is 9.08. The Kier molecular flexibility index (Phi) is 8.15. The van der Waals surface area contributed by atoms with Crippen LogP contribution in [0.3, 0.4) is 0 Å². The monoisotopic (exact) mass is 479 g/mol. The lowest BCUT2D eigenvalue weighted by molar-refractivity contribution is -0.140. The third-order valence-electron chi connectivity index (χ3n) is 6.23. The quantitative estimate of drug-likeness (QED) is 0.335. The molecule has 0 unspecified atom stereocenters. The molecule has 2 fully saturated rings. The number of carbonyl (C=O) groups excluding carboxylic acids is 2. The van der Waals surface area contributed by atoms with Gasteiger partial charge in [0.1, 0.15) is 11.5 Å². The lowest BCUT2D eigenvalue weighted by Gasteiger charge is -2.29. The molecule has 1 atom stereocenters. The fraction of sp³-hybridized carbons (Fsp3) is 0.444. The molecular weight excluding hydrogens is 446 g/mol. The van der Waals surface area contributed by atoms with E-state index in [0.717, 1.165) is 19.6 Å². The summed E-state index contributed by atoms with van der Waals surface area (Å²) in [5.41, 5.74) is 1.24. The zero-order valence-corrected chi connectivity index (χ0v) is 20.4. The van der Waals surface area contributed by atoms with Crippen molar-refractivity contribution in [3.05, 3.63) is 65.5 Å². The van der Waals surface area contributed by atoms with Crippen molar-refractivity contribution in [1.82, 2.24) is 14.8 Å². The van der Waals surface area contributed by atoms with Crippen LogP contribution in [0.4, 0.5) is 0 Å². The van der Waals surface area contributed by atoms with Crippen LogP contribution in [0.25, 0.3) is 5.76 Å². The Morgan fingerprint density at radius 2 is 1.89 bits per heavy atom. The van der Waals surface area contributed by atoms with Crippen molar-refractivity contribution in [3.8, 4) is 5.75 Å². The van der Waals surface area contributed by atoms with E-state index >= 15 is 0 Å². The molecule has 1 aromatic carbocycles. The summed E-state index contributed by atoms with van der Waals surface area (Å²) in [4.78, 5) is 34.3. The predicted molar refractivity (Wildman–Crippen MR) is 132 cm³/mol. The van der Waals surface area contributed by atoms with E-state index in [1.165, 1.54) is 0 Å². The van der Waals surface area contributed by atoms with Gasteiger partial charge in [-0.05, 0) is 48.2 Å². The number of hydrogen-bond donors (Lipinski definition) is 1. The third-order valence-corrected chi connectivity index (χ3v) is 6.23. The Bertz CT molecular complexity index is 1050. The molecule has 186 valence electrons. The number of carbonyl (C=O) groups is 2. The molecule has 4 rings (SSSR count). The van der Waals surface area contributed by atoms with Crippen molar-refractivity contribution < 1.29 is 24.2 Å². The smallest absolute Gasteiger partial charge is 0.295 e. The molecule has 0 radical (unpaired) electrons. The molecule has 0 saturated carbocycles. The van der Waals surface area contributed by atoms with Crippen molar-refractivity contribution in [1.29, 1.82) is 0 Å². The molecule has 2 saturated heterocycles. The molecule has 35 heavy (non-hydrogen) atoms. The zero-order valence-electron chi connectivity index (χ0n) is 20.4. The second-order valence-electron chi connectivity index (χ2n) is 9.32. The van der Waals surface area contributed by atoms with Gasteiger partial charge in [-0.2, -0.15) is 0 Å². The summed E-state index contributed by atoms with van der Waals surface area (Å²) in [7, 11) is 0. The zero-order chi connectivity index (χ0) is 24.8. The molecule has 2 aromatic rings. The van der Waals surface area contributed by atoms with Crippen molar-refractivity contribution in [3.63, 3.8) is 0 Å². The number of Topliss-reactive ketones (excluding diaryl/α,β-unsaturated/α-hetero) is 1. The van der Waals surface area contributed by atoms with Crippen molar-refractivity contribution in [2.45, 2.75) is 26.3 Å². The van der Waals surface area contributed by atoms with E-state index in [1.54, 1.807) is 47.6 Å². The fourth-order valence-electron chi connectivity index (χ4n) is 4.41. The van der Waals surface area contributed by atoms with E-state index in [2.05, 4.69) is 23.7 Å². The maximum Gasteiger partial charge on any atom is 0.295 e. The first-order valence-corrected chi connectivity index (χ1v) is 12.2. The number of ether oxygens (including phenoxy) is 2. The predicted octanol–water partition coefficient (Wildman–Crippen LogP) is 3.26. The Morgan fingerprint density at radius 3 is 2.54 bits per heavy atom. The SMILES string of the molecule is CC(C)COc1ccc(/C(O)=C2\C(=O)C(=O)N(CCCN3CCOCC3)[C@H]2c2cccnc2)cc1. The van der Waals surface area contributed by atoms with Gasteiger partial charge in [0.05, 0.1) is 31.4 Å². The van der Waals surface area contributed by atoms with E-state index in [-0.39, 0.29) is 11.3 Å². The number of aromatic nitrogens is 1. The van der Waals surface area contributed by atoms with Gasteiger partial charge in [-0.15, -0.1) is 0 Å². The highest BCUT2D eigenvalue weighted by atomic mass is 16.5. The lowest BCUT2D eigenvalue weighted by Crippen LogP contribution is -2.39. The lowest BCUT2D eigenvalue weighted by atomic mass is 9.96. The molecule has 3 heterocycles. The van der Waals surface area contributed by atoms with E-state index in [0.29, 0.717) is 55.6 Å². The molecule has 0 spiro atoms. The minimum atomic E-state index is -0.690. The molecule has 0 bridgehead atoms. The van der Waals surface area contributed by atoms with Crippen LogP contribution in [0, 0.1) is 5.92 Å². The number of aliphatic hydroxyl groups excluding tert-OH is 1. The molecular formula is C27H33N3O5. The molecule has 1 N–H and O–H groups in total. The van der Waals surface area contributed by atoms with E-state index in [9.17, 15) is 14.7 Å². The van der Waals surface area contributed by atoms with Crippen LogP contribution < -0.4 is 4.74 Å². The molecule has 8 nitrogen and oxygen atoms in total. The van der Waals surface area contributed by atoms with E-state index < -0.39 is 17.7 Å². The van der Waals surface area contributed by atoms with Crippen molar-refractivity contribution in [2.75, 3.05) is 46.0 Å². The minimum absolute atomic E-state index is 0.0882. The average Bonchev–Trinajstić information content (AvgIpc) is 3.13. The van der Waals surface area contributed by atoms with Crippen molar-refractivity contribution >= 4 is 17.4 Å². The van der Waals surface area contributed by atoms with Gasteiger partial charge in [-0.1, -0.05) is 19.9 Å². The van der Waals surface area contributed by atoms with Crippen LogP contribution in [0.1, 0.15) is 37.4 Å². The summed E-state index contributed by atoms with van der Waals surface area (Å²) in [6, 6.07) is 9.84. The van der Waals surface area contributed by atoms with E-state index in [1.807, 2.05) is 6.07 Å². The number of rotatable bonds is 9. The van der Waals surface area contributed by atoms with Crippen LogP contribution in [0.15, 0.2) is 54.4 Å². The Balaban J connectivity index is 1.59. The Morgan fingerprint density at radius 1 is 1.14 bits per heavy atom. The number of aliphatic hydroxyl groups is 1. The van der Waals surface area contributed by atoms with Crippen LogP contribution in [0.5, 0.6) is 5.75 Å². The third kappa shape index (κ3) is 5.89. The highest BCUT2D eigenvalue weighted by Crippen LogP contribution is 2.39. The maximum atomic E-state index is 13.1. The van der Waals surface area contributed by atoms with Gasteiger partial charge in [0.25, 0.3) is 11.7 Å². The number of morpholine rings is 1. The van der Waals surface area contributed by atoms with Gasteiger partial charge in [-0.25, -0.2) is 0 Å². The molecule has 0 aliphatic carbocycles. The molecule has 1 aromatic heterocycles. The maximum absolute atomic E-state index is 13.1. The highest BCUT2D eigenvalue weighted by molar-refractivity contribution is 6.46. The number of nitrogens with zero attached hydrogens (tertiary/aromatic N) is 3. The second kappa shape index (κ2) is 11.5. The largest absolute Gasteiger partial charge is 0.507 e. The average molecular weight is 480 g/mol. The highest BCUT2D eigenvalue weighted by Gasteiger charge is 2.45. The molecule has 1 amide bonds. The van der Waals surface area contributed by atoms with Gasteiger partial charge in [0, 0.05) is 44.1 Å². The van der Waals surface area contributed by atoms with Gasteiger partial charge in [0.2, 0.25) is 0 Å². The number of likely N-dealkylation sites (tertiary alicyclic amines) is 1. The number of pyridine rings is 1. The molecule has 2 aliphatic rings. The van der Waals surface area contributed by atoms with Gasteiger partial charge >= 0.3 is 0 Å². The van der Waals surface area contributed by atoms with Gasteiger partial charge < -0.3 is 19.5 Å². The van der Waals surface area contributed by atoms with Crippen molar-refractivity contribution in [2.24, 2.45) is 5.92 Å². The van der Waals surface area contributed by atoms with Crippen LogP contribution in [-0.2, 0) is 14.3 Å². The standard InChI is InChI=1S/C27H33N3O5/c1-19(2)18-35-22-8-6-20(7-9-22)25(31)23-24(21-5-3-10-28-17-21)30(27(33)26(23)32)12-4-11-29-13-15-34-16-14-29/h3,5-10,17,19,24,31H,4,11-16,18H2,1-2H3/b25-23+/t24-/m0/s1. The summed E-state index contributed by atoms with van der Waals surface area (Å²) in [6.07, 6.45) is 4.00.